The SMILES string of the molecule is CC(Nc1ccc(N(C)C)cc1)c1ccc(I)cc1. The van der Waals surface area contributed by atoms with Crippen LogP contribution in [0.5, 0.6) is 0 Å². The molecule has 1 unspecified atom stereocenters. The van der Waals surface area contributed by atoms with E-state index < -0.39 is 0 Å². The molecule has 2 aromatic carbocycles. The van der Waals surface area contributed by atoms with Crippen LogP contribution in [-0.4, -0.2) is 14.1 Å². The second kappa shape index (κ2) is 6.28. The van der Waals surface area contributed by atoms with Gasteiger partial charge in [-0.2, -0.15) is 0 Å². The summed E-state index contributed by atoms with van der Waals surface area (Å²) in [7, 11) is 4.10. The minimum absolute atomic E-state index is 0.308. The van der Waals surface area contributed by atoms with Crippen molar-refractivity contribution < 1.29 is 0 Å². The summed E-state index contributed by atoms with van der Waals surface area (Å²) in [5, 5.41) is 3.52. The smallest absolute Gasteiger partial charge is 0.0485 e. The Morgan fingerprint density at radius 1 is 0.947 bits per heavy atom. The van der Waals surface area contributed by atoms with E-state index >= 15 is 0 Å². The number of halogens is 1. The average molecular weight is 366 g/mol. The first-order chi connectivity index (χ1) is 9.06. The molecule has 2 aromatic rings. The van der Waals surface area contributed by atoms with Gasteiger partial charge >= 0.3 is 0 Å². The second-order valence-corrected chi connectivity index (χ2v) is 6.10. The minimum Gasteiger partial charge on any atom is -0.379 e. The molecule has 0 heterocycles. The highest BCUT2D eigenvalue weighted by Crippen LogP contribution is 2.22. The highest BCUT2D eigenvalue weighted by molar-refractivity contribution is 14.1. The third kappa shape index (κ3) is 3.86. The fourth-order valence-electron chi connectivity index (χ4n) is 1.94. The van der Waals surface area contributed by atoms with Crippen molar-refractivity contribution in [3.05, 3.63) is 57.7 Å². The molecule has 0 bridgehead atoms. The first kappa shape index (κ1) is 14.2. The molecule has 3 heteroatoms. The number of hydrogen-bond acceptors (Lipinski definition) is 2. The molecule has 0 spiro atoms. The number of anilines is 2. The number of benzene rings is 2. The lowest BCUT2D eigenvalue weighted by Gasteiger charge is -2.17. The molecule has 0 fully saturated rings. The van der Waals surface area contributed by atoms with Gasteiger partial charge in [0.15, 0.2) is 0 Å². The lowest BCUT2D eigenvalue weighted by atomic mass is 10.1. The average Bonchev–Trinajstić information content (AvgIpc) is 2.40. The quantitative estimate of drug-likeness (QED) is 0.800. The van der Waals surface area contributed by atoms with Gasteiger partial charge in [0.05, 0.1) is 0 Å². The molecule has 0 amide bonds. The number of hydrogen-bond donors (Lipinski definition) is 1. The van der Waals surface area contributed by atoms with Crippen molar-refractivity contribution in [3.63, 3.8) is 0 Å². The first-order valence-corrected chi connectivity index (χ1v) is 7.43. The Balaban J connectivity index is 2.06. The van der Waals surface area contributed by atoms with Gasteiger partial charge in [0.1, 0.15) is 0 Å². The third-order valence-electron chi connectivity index (χ3n) is 3.14. The van der Waals surface area contributed by atoms with Crippen LogP contribution in [-0.2, 0) is 0 Å². The zero-order valence-electron chi connectivity index (χ0n) is 11.5. The van der Waals surface area contributed by atoms with E-state index in [0.717, 1.165) is 5.69 Å². The molecule has 19 heavy (non-hydrogen) atoms. The molecule has 0 saturated heterocycles. The maximum absolute atomic E-state index is 3.52. The molecule has 1 N–H and O–H groups in total. The van der Waals surface area contributed by atoms with Gasteiger partial charge in [-0.3, -0.25) is 0 Å². The van der Waals surface area contributed by atoms with Crippen molar-refractivity contribution in [2.45, 2.75) is 13.0 Å². The summed E-state index contributed by atoms with van der Waals surface area (Å²) < 4.78 is 1.27. The highest BCUT2D eigenvalue weighted by Gasteiger charge is 2.05. The van der Waals surface area contributed by atoms with E-state index in [1.54, 1.807) is 0 Å². The molecule has 0 saturated carbocycles. The van der Waals surface area contributed by atoms with E-state index in [1.165, 1.54) is 14.8 Å². The third-order valence-corrected chi connectivity index (χ3v) is 3.86. The van der Waals surface area contributed by atoms with E-state index in [-0.39, 0.29) is 0 Å². The minimum atomic E-state index is 0.308. The molecule has 0 radical (unpaired) electrons. The van der Waals surface area contributed by atoms with Crippen molar-refractivity contribution in [2.24, 2.45) is 0 Å². The number of rotatable bonds is 4. The highest BCUT2D eigenvalue weighted by atomic mass is 127. The van der Waals surface area contributed by atoms with Crippen LogP contribution in [0.25, 0.3) is 0 Å². The molecule has 2 nitrogen and oxygen atoms in total. The van der Waals surface area contributed by atoms with E-state index in [0.29, 0.717) is 6.04 Å². The normalized spacial score (nSPS) is 12.0. The van der Waals surface area contributed by atoms with E-state index in [9.17, 15) is 0 Å². The second-order valence-electron chi connectivity index (χ2n) is 4.86. The molecule has 0 aliphatic heterocycles. The fraction of sp³-hybridized carbons (Fsp3) is 0.250. The predicted molar refractivity (Wildman–Crippen MR) is 92.0 cm³/mol. The summed E-state index contributed by atoms with van der Waals surface area (Å²) in [5.74, 6) is 0. The summed E-state index contributed by atoms with van der Waals surface area (Å²) in [6, 6.07) is 17.4. The van der Waals surface area contributed by atoms with Gasteiger partial charge < -0.3 is 10.2 Å². The molecule has 100 valence electrons. The van der Waals surface area contributed by atoms with Crippen LogP contribution < -0.4 is 10.2 Å². The summed E-state index contributed by atoms with van der Waals surface area (Å²) in [6.07, 6.45) is 0. The van der Waals surface area contributed by atoms with Crippen molar-refractivity contribution >= 4 is 34.0 Å². The Morgan fingerprint density at radius 3 is 2.05 bits per heavy atom. The molecular formula is C16H19IN2. The van der Waals surface area contributed by atoms with E-state index in [2.05, 4.69) is 102 Å². The standard InChI is InChI=1S/C16H19IN2/c1-12(13-4-6-14(17)7-5-13)18-15-8-10-16(11-9-15)19(2)3/h4-12,18H,1-3H3. The number of nitrogens with zero attached hydrogens (tertiary/aromatic N) is 1. The molecule has 0 aromatic heterocycles. The van der Waals surface area contributed by atoms with Gasteiger partial charge in [-0.05, 0) is 71.5 Å². The summed E-state index contributed by atoms with van der Waals surface area (Å²) in [4.78, 5) is 2.10. The largest absolute Gasteiger partial charge is 0.379 e. The van der Waals surface area contributed by atoms with Crippen molar-refractivity contribution in [1.29, 1.82) is 0 Å². The number of nitrogens with one attached hydrogen (secondary N) is 1. The maximum atomic E-state index is 3.52. The fourth-order valence-corrected chi connectivity index (χ4v) is 2.30. The molecule has 0 aliphatic rings. The van der Waals surface area contributed by atoms with Gasteiger partial charge in [-0.25, -0.2) is 0 Å². The van der Waals surface area contributed by atoms with Crippen molar-refractivity contribution in [3.8, 4) is 0 Å². The molecule has 0 aliphatic carbocycles. The summed E-state index contributed by atoms with van der Waals surface area (Å²) in [5.41, 5.74) is 3.67. The summed E-state index contributed by atoms with van der Waals surface area (Å²) >= 11 is 2.33. The van der Waals surface area contributed by atoms with Crippen LogP contribution in [0.2, 0.25) is 0 Å². The van der Waals surface area contributed by atoms with Crippen molar-refractivity contribution in [2.75, 3.05) is 24.3 Å². The van der Waals surface area contributed by atoms with E-state index in [1.807, 2.05) is 0 Å². The van der Waals surface area contributed by atoms with Crippen LogP contribution in [0.15, 0.2) is 48.5 Å². The summed E-state index contributed by atoms with van der Waals surface area (Å²) in [6.45, 7) is 2.18. The topological polar surface area (TPSA) is 15.3 Å². The zero-order chi connectivity index (χ0) is 13.8. The van der Waals surface area contributed by atoms with Crippen LogP contribution in [0.3, 0.4) is 0 Å². The van der Waals surface area contributed by atoms with Gasteiger partial charge in [0, 0.05) is 35.1 Å². The Morgan fingerprint density at radius 2 is 1.53 bits per heavy atom. The van der Waals surface area contributed by atoms with Crippen LogP contribution >= 0.6 is 22.6 Å². The maximum Gasteiger partial charge on any atom is 0.0485 e. The van der Waals surface area contributed by atoms with Gasteiger partial charge in [-0.1, -0.05) is 12.1 Å². The Bertz CT molecular complexity index is 517. The predicted octanol–water partition coefficient (Wildman–Crippen LogP) is 4.53. The Kier molecular flexibility index (Phi) is 4.69. The zero-order valence-corrected chi connectivity index (χ0v) is 13.7. The first-order valence-electron chi connectivity index (χ1n) is 6.35. The Hall–Kier alpha value is -1.23. The van der Waals surface area contributed by atoms with Crippen molar-refractivity contribution in [1.82, 2.24) is 0 Å². The molecule has 1 atom stereocenters. The molecule has 2 rings (SSSR count). The molecular weight excluding hydrogens is 347 g/mol. The Labute approximate surface area is 129 Å². The van der Waals surface area contributed by atoms with Crippen LogP contribution in [0.1, 0.15) is 18.5 Å². The van der Waals surface area contributed by atoms with Gasteiger partial charge in [-0.15, -0.1) is 0 Å². The van der Waals surface area contributed by atoms with Crippen LogP contribution in [0, 0.1) is 3.57 Å². The van der Waals surface area contributed by atoms with Gasteiger partial charge in [0.25, 0.3) is 0 Å². The monoisotopic (exact) mass is 366 g/mol. The van der Waals surface area contributed by atoms with E-state index in [4.69, 9.17) is 0 Å². The lowest BCUT2D eigenvalue weighted by Crippen LogP contribution is -2.09. The lowest BCUT2D eigenvalue weighted by molar-refractivity contribution is 0.884. The van der Waals surface area contributed by atoms with Gasteiger partial charge in [0.2, 0.25) is 0 Å². The van der Waals surface area contributed by atoms with Crippen LogP contribution in [0.4, 0.5) is 11.4 Å².